The van der Waals surface area contributed by atoms with Crippen molar-refractivity contribution in [3.8, 4) is 0 Å². The van der Waals surface area contributed by atoms with Crippen molar-refractivity contribution in [3.63, 3.8) is 0 Å². The largest absolute Gasteiger partial charge is 0.320 e. The van der Waals surface area contributed by atoms with Crippen LogP contribution in [0.1, 0.15) is 23.2 Å². The minimum atomic E-state index is -0.815. The summed E-state index contributed by atoms with van der Waals surface area (Å²) in [5.41, 5.74) is -0.0841. The Morgan fingerprint density at radius 2 is 1.87 bits per heavy atom. The van der Waals surface area contributed by atoms with Crippen LogP contribution in [-0.2, 0) is 4.79 Å². The van der Waals surface area contributed by atoms with Crippen LogP contribution in [-0.4, -0.2) is 16.8 Å². The molecular formula is C16H13F2N3O2. The molecule has 0 radical (unpaired) electrons. The Morgan fingerprint density at radius 3 is 2.52 bits per heavy atom. The van der Waals surface area contributed by atoms with E-state index in [4.69, 9.17) is 0 Å². The highest BCUT2D eigenvalue weighted by Crippen LogP contribution is 2.30. The van der Waals surface area contributed by atoms with Crippen molar-refractivity contribution in [2.24, 2.45) is 5.92 Å². The van der Waals surface area contributed by atoms with Crippen LogP contribution >= 0.6 is 0 Å². The summed E-state index contributed by atoms with van der Waals surface area (Å²) in [5.74, 6) is -1.93. The number of rotatable bonds is 4. The maximum Gasteiger partial charge on any atom is 0.258 e. The third-order valence-electron chi connectivity index (χ3n) is 3.39. The molecule has 2 N–H and O–H groups in total. The Kier molecular flexibility index (Phi) is 4.01. The number of anilines is 2. The zero-order valence-electron chi connectivity index (χ0n) is 12.0. The van der Waals surface area contributed by atoms with Crippen molar-refractivity contribution in [1.82, 2.24) is 4.98 Å². The summed E-state index contributed by atoms with van der Waals surface area (Å²) in [6.07, 6.45) is 3.11. The van der Waals surface area contributed by atoms with Crippen molar-refractivity contribution in [2.45, 2.75) is 12.8 Å². The van der Waals surface area contributed by atoms with Crippen LogP contribution in [0.5, 0.6) is 0 Å². The number of nitrogens with one attached hydrogen (secondary N) is 2. The Bertz CT molecular complexity index is 758. The summed E-state index contributed by atoms with van der Waals surface area (Å²) in [6.45, 7) is 0. The lowest BCUT2D eigenvalue weighted by molar-refractivity contribution is -0.117. The van der Waals surface area contributed by atoms with E-state index in [1.54, 1.807) is 0 Å². The molecule has 3 rings (SSSR count). The maximum absolute atomic E-state index is 13.5. The van der Waals surface area contributed by atoms with Gasteiger partial charge in [-0.2, -0.15) is 0 Å². The molecule has 0 saturated heterocycles. The molecule has 0 bridgehead atoms. The molecule has 1 aromatic heterocycles. The first-order valence-electron chi connectivity index (χ1n) is 7.06. The molecule has 0 atom stereocenters. The van der Waals surface area contributed by atoms with Gasteiger partial charge in [0.1, 0.15) is 17.5 Å². The quantitative estimate of drug-likeness (QED) is 0.911. The van der Waals surface area contributed by atoms with Crippen LogP contribution in [0.25, 0.3) is 0 Å². The second-order valence-electron chi connectivity index (χ2n) is 5.27. The van der Waals surface area contributed by atoms with Gasteiger partial charge in [0.25, 0.3) is 5.91 Å². The summed E-state index contributed by atoms with van der Waals surface area (Å²) in [5, 5.41) is 5.08. The van der Waals surface area contributed by atoms with Gasteiger partial charge < -0.3 is 10.6 Å². The molecule has 1 saturated carbocycles. The van der Waals surface area contributed by atoms with Crippen molar-refractivity contribution in [1.29, 1.82) is 0 Å². The number of amides is 2. The highest BCUT2D eigenvalue weighted by atomic mass is 19.1. The van der Waals surface area contributed by atoms with E-state index in [9.17, 15) is 18.4 Å². The van der Waals surface area contributed by atoms with Gasteiger partial charge >= 0.3 is 0 Å². The molecule has 1 heterocycles. The first kappa shape index (κ1) is 15.1. The van der Waals surface area contributed by atoms with Gasteiger partial charge in [-0.3, -0.25) is 9.59 Å². The number of halogens is 2. The zero-order valence-corrected chi connectivity index (χ0v) is 12.0. The lowest BCUT2D eigenvalue weighted by Gasteiger charge is -2.07. The van der Waals surface area contributed by atoms with Gasteiger partial charge in [-0.05, 0) is 43.2 Å². The minimum absolute atomic E-state index is 0.0622. The Hall–Kier alpha value is -2.83. The van der Waals surface area contributed by atoms with Gasteiger partial charge in [0.05, 0.1) is 17.4 Å². The molecule has 118 valence electrons. The highest BCUT2D eigenvalue weighted by Gasteiger charge is 2.29. The molecule has 0 aliphatic heterocycles. The van der Waals surface area contributed by atoms with E-state index in [1.807, 2.05) is 0 Å². The third-order valence-corrected chi connectivity index (χ3v) is 3.39. The second-order valence-corrected chi connectivity index (χ2v) is 5.27. The molecule has 1 aromatic carbocycles. The van der Waals surface area contributed by atoms with Crippen LogP contribution in [0.4, 0.5) is 20.3 Å². The average molecular weight is 317 g/mol. The molecule has 2 amide bonds. The van der Waals surface area contributed by atoms with Crippen molar-refractivity contribution >= 4 is 23.3 Å². The van der Waals surface area contributed by atoms with Gasteiger partial charge in [0.2, 0.25) is 5.91 Å². The first-order chi connectivity index (χ1) is 11.0. The summed E-state index contributed by atoms with van der Waals surface area (Å²) >= 11 is 0. The topological polar surface area (TPSA) is 71.1 Å². The van der Waals surface area contributed by atoms with E-state index >= 15 is 0 Å². The van der Waals surface area contributed by atoms with Crippen molar-refractivity contribution < 1.29 is 18.4 Å². The average Bonchev–Trinajstić information content (AvgIpc) is 3.36. The van der Waals surface area contributed by atoms with Gasteiger partial charge in [-0.15, -0.1) is 0 Å². The Labute approximate surface area is 130 Å². The fraction of sp³-hybridized carbons (Fsp3) is 0.188. The monoisotopic (exact) mass is 317 g/mol. The number of carbonyl (C=O) groups excluding carboxylic acids is 2. The lowest BCUT2D eigenvalue weighted by atomic mass is 10.2. The molecule has 0 spiro atoms. The molecular weight excluding hydrogens is 304 g/mol. The molecule has 7 heteroatoms. The maximum atomic E-state index is 13.5. The standard InChI is InChI=1S/C16H13F2N3O2/c17-10-3-5-13(18)12(7-10)16(23)20-11-4-6-14(19-8-11)21-15(22)9-1-2-9/h3-9H,1-2H2,(H,20,23)(H,19,21,22). The lowest BCUT2D eigenvalue weighted by Crippen LogP contribution is -2.16. The van der Waals surface area contributed by atoms with Crippen molar-refractivity contribution in [3.05, 3.63) is 53.7 Å². The van der Waals surface area contributed by atoms with Crippen LogP contribution < -0.4 is 10.6 Å². The predicted octanol–water partition coefficient (Wildman–Crippen LogP) is 2.96. The molecule has 1 fully saturated rings. The number of hydrogen-bond donors (Lipinski definition) is 2. The van der Waals surface area contributed by atoms with E-state index in [0.29, 0.717) is 11.5 Å². The van der Waals surface area contributed by atoms with Crippen LogP contribution in [0.2, 0.25) is 0 Å². The number of aromatic nitrogens is 1. The van der Waals surface area contributed by atoms with Crippen molar-refractivity contribution in [2.75, 3.05) is 10.6 Å². The van der Waals surface area contributed by atoms with Gasteiger partial charge in [0.15, 0.2) is 0 Å². The van der Waals surface area contributed by atoms with E-state index in [1.165, 1.54) is 18.3 Å². The van der Waals surface area contributed by atoms with Gasteiger partial charge in [-0.25, -0.2) is 13.8 Å². The van der Waals surface area contributed by atoms with Gasteiger partial charge in [-0.1, -0.05) is 0 Å². The third kappa shape index (κ3) is 3.68. The Morgan fingerprint density at radius 1 is 1.09 bits per heavy atom. The summed E-state index contributed by atoms with van der Waals surface area (Å²) in [7, 11) is 0. The van der Waals surface area contributed by atoms with E-state index < -0.39 is 23.1 Å². The summed E-state index contributed by atoms with van der Waals surface area (Å²) in [4.78, 5) is 27.5. The first-order valence-corrected chi connectivity index (χ1v) is 7.06. The number of pyridine rings is 1. The fourth-order valence-corrected chi connectivity index (χ4v) is 1.99. The fourth-order valence-electron chi connectivity index (χ4n) is 1.99. The Balaban J connectivity index is 1.66. The predicted molar refractivity (Wildman–Crippen MR) is 79.9 cm³/mol. The highest BCUT2D eigenvalue weighted by molar-refractivity contribution is 6.04. The molecule has 1 aliphatic carbocycles. The molecule has 23 heavy (non-hydrogen) atoms. The van der Waals surface area contributed by atoms with Crippen LogP contribution in [0, 0.1) is 17.6 Å². The smallest absolute Gasteiger partial charge is 0.258 e. The number of hydrogen-bond acceptors (Lipinski definition) is 3. The minimum Gasteiger partial charge on any atom is -0.320 e. The van der Waals surface area contributed by atoms with E-state index in [-0.39, 0.29) is 11.8 Å². The SMILES string of the molecule is O=C(Nc1ccc(NC(=O)C2CC2)nc1)c1cc(F)ccc1F. The van der Waals surface area contributed by atoms with Crippen LogP contribution in [0.15, 0.2) is 36.5 Å². The van der Waals surface area contributed by atoms with E-state index in [2.05, 4.69) is 15.6 Å². The molecule has 2 aromatic rings. The number of nitrogens with zero attached hydrogens (tertiary/aromatic N) is 1. The zero-order chi connectivity index (χ0) is 16.4. The van der Waals surface area contributed by atoms with E-state index in [0.717, 1.165) is 31.0 Å². The summed E-state index contributed by atoms with van der Waals surface area (Å²) < 4.78 is 26.6. The molecule has 1 aliphatic rings. The second kappa shape index (κ2) is 6.12. The molecule has 5 nitrogen and oxygen atoms in total. The number of carbonyl (C=O) groups is 2. The van der Waals surface area contributed by atoms with Crippen LogP contribution in [0.3, 0.4) is 0 Å². The number of benzene rings is 1. The molecule has 0 unspecified atom stereocenters. The normalized spacial score (nSPS) is 13.5. The summed E-state index contributed by atoms with van der Waals surface area (Å²) in [6, 6.07) is 5.69. The van der Waals surface area contributed by atoms with Gasteiger partial charge in [0, 0.05) is 5.92 Å².